The Kier molecular flexibility index (Phi) is 57.9. The smallest absolute Gasteiger partial charge is 0.361 e. The number of likely N-dealkylation sites (N-methyl/N-ethyl adjacent to an activating group) is 2. The summed E-state index contributed by atoms with van der Waals surface area (Å²) in [6, 6.07) is 2.05. The molecule has 23 nitrogen and oxygen atoms in total. The minimum Gasteiger partial charge on any atom is -1.00 e. The number of nitrogens with zero attached hydrogens (tertiary/aromatic N) is 2. The van der Waals surface area contributed by atoms with Crippen molar-refractivity contribution in [2.75, 3.05) is 265 Å². The zero-order valence-corrected chi connectivity index (χ0v) is 54.8. The summed E-state index contributed by atoms with van der Waals surface area (Å²) in [6.45, 7) is 31.0. The van der Waals surface area contributed by atoms with Crippen LogP contribution in [0.3, 0.4) is 0 Å². The third-order valence-electron chi connectivity index (χ3n) is 12.2. The van der Waals surface area contributed by atoms with Crippen LogP contribution in [0.25, 0.3) is 0 Å². The number of ether oxygens (including phenoxy) is 16. The summed E-state index contributed by atoms with van der Waals surface area (Å²) < 4.78 is 96.6. The highest BCUT2D eigenvalue weighted by atomic mass is 35.5. The molecule has 0 aliphatic carbocycles. The van der Waals surface area contributed by atoms with Crippen LogP contribution in [0.2, 0.25) is 38.3 Å². The van der Waals surface area contributed by atoms with Gasteiger partial charge in [0.25, 0.3) is 0 Å². The van der Waals surface area contributed by atoms with Gasteiger partial charge in [0.1, 0.15) is 46.0 Å². The van der Waals surface area contributed by atoms with Crippen LogP contribution in [-0.2, 0) is 99.3 Å². The molecule has 486 valence electrons. The predicted molar refractivity (Wildman–Crippen MR) is 302 cm³/mol. The normalized spacial score (nSPS) is 14.2. The van der Waals surface area contributed by atoms with Gasteiger partial charge in [-0.25, -0.2) is 14.6 Å². The van der Waals surface area contributed by atoms with Crippen molar-refractivity contribution in [3.63, 3.8) is 0 Å². The van der Waals surface area contributed by atoms with Crippen LogP contribution in [-0.4, -0.2) is 303 Å². The molecule has 1 aliphatic rings. The fourth-order valence-electron chi connectivity index (χ4n) is 7.65. The molecule has 1 aliphatic heterocycles. The molecule has 0 bridgehead atoms. The van der Waals surface area contributed by atoms with Gasteiger partial charge in [0, 0.05) is 26.2 Å². The number of piperazine rings is 1. The molecule has 0 aromatic heterocycles. The molecule has 27 heteroatoms. The van der Waals surface area contributed by atoms with Gasteiger partial charge in [-0.15, -0.1) is 0 Å². The number of hydrogen-bond donors (Lipinski definition) is 0. The number of carbonyl (C=O) groups is 2. The number of carbonyl (C=O) groups excluding carboxylic acids is 2. The molecular formula is C54H112Cl2N2O21Si2. The van der Waals surface area contributed by atoms with Crippen molar-refractivity contribution >= 4 is 28.6 Å². The van der Waals surface area contributed by atoms with Gasteiger partial charge in [-0.3, -0.25) is 4.79 Å². The van der Waals surface area contributed by atoms with E-state index >= 15 is 0 Å². The highest BCUT2D eigenvalue weighted by Crippen LogP contribution is 2.24. The van der Waals surface area contributed by atoms with Crippen LogP contribution in [0, 0.1) is 0 Å². The van der Waals surface area contributed by atoms with Crippen molar-refractivity contribution in [2.45, 2.75) is 77.3 Å². The molecule has 0 atom stereocenters. The molecule has 1 saturated heterocycles. The summed E-state index contributed by atoms with van der Waals surface area (Å²) in [5.41, 5.74) is 0. The maximum absolute atomic E-state index is 12.3. The van der Waals surface area contributed by atoms with E-state index < -0.39 is 16.6 Å². The van der Waals surface area contributed by atoms with E-state index in [4.69, 9.17) is 89.7 Å². The van der Waals surface area contributed by atoms with E-state index in [-0.39, 0.29) is 50.0 Å². The summed E-state index contributed by atoms with van der Waals surface area (Å²) >= 11 is 0. The Balaban J connectivity index is 0. The molecule has 0 radical (unpaired) electrons. The van der Waals surface area contributed by atoms with Crippen molar-refractivity contribution in [3.05, 3.63) is 0 Å². The van der Waals surface area contributed by atoms with E-state index in [1.54, 1.807) is 6.92 Å². The Morgan fingerprint density at radius 2 is 0.593 bits per heavy atom. The van der Waals surface area contributed by atoms with Gasteiger partial charge in [-0.2, -0.15) is 0 Å². The van der Waals surface area contributed by atoms with E-state index in [2.05, 4.69) is 47.3 Å². The second-order valence-electron chi connectivity index (χ2n) is 21.2. The third-order valence-corrected chi connectivity index (χ3v) is 19.7. The van der Waals surface area contributed by atoms with E-state index in [0.717, 1.165) is 72.9 Å². The molecule has 0 amide bonds. The Morgan fingerprint density at radius 1 is 0.333 bits per heavy atom. The standard InChI is InChI=1S/C54H112N2O21Si2.2ClH/c1-9-53(57)73-47-44-70-41-38-62-25-22-59-18-10-11-19-60-23-26-63-40-43-72-46-49-76-75-21-13-51-79(7,8)77-78(5,6)50-12-20-61-24-27-64-28-29-65-30-31-66-32-33-67-34-35-68-36-37-69-39-42-71-45-48-74-54(58)52-56(4)16-14-55(2,3)15-17-56;;/h9-52H2,1-8H3;2*1H/q+2;;/p-2. The van der Waals surface area contributed by atoms with Crippen LogP contribution in [0.1, 0.15) is 39.0 Å². The summed E-state index contributed by atoms with van der Waals surface area (Å²) in [5.74, 6) is -0.386. The Morgan fingerprint density at radius 3 is 0.926 bits per heavy atom. The quantitative estimate of drug-likeness (QED) is 0.0164. The number of quaternary nitrogens is 2. The van der Waals surface area contributed by atoms with Gasteiger partial charge in [-0.1, -0.05) is 6.92 Å². The maximum atomic E-state index is 12.3. The molecule has 1 fully saturated rings. The first-order valence-corrected chi connectivity index (χ1v) is 35.4. The lowest BCUT2D eigenvalue weighted by Crippen LogP contribution is -3.00. The Hall–Kier alpha value is -0.806. The number of esters is 2. The zero-order valence-electron chi connectivity index (χ0n) is 51.3. The van der Waals surface area contributed by atoms with Gasteiger partial charge in [0.05, 0.1) is 193 Å². The molecule has 0 aromatic carbocycles. The molecule has 0 spiro atoms. The first-order valence-electron chi connectivity index (χ1n) is 29.2. The first-order chi connectivity index (χ1) is 38.2. The molecule has 0 saturated carbocycles. The van der Waals surface area contributed by atoms with E-state index in [1.165, 1.54) is 0 Å². The Labute approximate surface area is 502 Å². The van der Waals surface area contributed by atoms with Gasteiger partial charge < -0.3 is 114 Å². The molecule has 1 rings (SSSR count). The fraction of sp³-hybridized carbons (Fsp3) is 0.963. The van der Waals surface area contributed by atoms with E-state index in [9.17, 15) is 9.59 Å². The van der Waals surface area contributed by atoms with Crippen LogP contribution < -0.4 is 24.8 Å². The lowest BCUT2D eigenvalue weighted by Gasteiger charge is -2.43. The number of halogens is 2. The van der Waals surface area contributed by atoms with Crippen molar-refractivity contribution in [1.29, 1.82) is 0 Å². The molecular weight excluding hydrogens is 1140 g/mol. The molecule has 0 N–H and O–H groups in total. The minimum atomic E-state index is -1.84. The second-order valence-corrected chi connectivity index (χ2v) is 30.0. The third kappa shape index (κ3) is 58.0. The van der Waals surface area contributed by atoms with Gasteiger partial charge >= 0.3 is 11.9 Å². The van der Waals surface area contributed by atoms with Crippen molar-refractivity contribution in [2.24, 2.45) is 0 Å². The van der Waals surface area contributed by atoms with Crippen LogP contribution >= 0.6 is 0 Å². The largest absolute Gasteiger partial charge is 1.00 e. The summed E-state index contributed by atoms with van der Waals surface area (Å²) in [5, 5.41) is 0. The van der Waals surface area contributed by atoms with Gasteiger partial charge in [0.2, 0.25) is 0 Å². The monoisotopic (exact) mass is 1250 g/mol. The number of unbranched alkanes of at least 4 members (excludes halogenated alkanes) is 1. The second kappa shape index (κ2) is 57.0. The van der Waals surface area contributed by atoms with Crippen molar-refractivity contribution < 1.29 is 133 Å². The van der Waals surface area contributed by atoms with Gasteiger partial charge in [-0.05, 0) is 64.0 Å². The maximum Gasteiger partial charge on any atom is 0.361 e. The highest BCUT2D eigenvalue weighted by Gasteiger charge is 2.36. The van der Waals surface area contributed by atoms with E-state index in [0.29, 0.717) is 211 Å². The number of hydrogen-bond acceptors (Lipinski definition) is 21. The molecule has 0 aromatic rings. The molecule has 81 heavy (non-hydrogen) atoms. The lowest BCUT2D eigenvalue weighted by molar-refractivity contribution is -1.00. The van der Waals surface area contributed by atoms with Crippen molar-refractivity contribution in [3.8, 4) is 0 Å². The summed E-state index contributed by atoms with van der Waals surface area (Å²) in [6.07, 6.45) is 4.07. The molecule has 1 heterocycles. The molecule has 0 unspecified atom stereocenters. The number of rotatable bonds is 61. The predicted octanol–water partition coefficient (Wildman–Crippen LogP) is -1.80. The average Bonchev–Trinajstić information content (AvgIpc) is 3.41. The first kappa shape index (κ1) is 82.3. The zero-order chi connectivity index (χ0) is 57.7. The SMILES string of the molecule is CCC(=O)OCCOCCOCCOCCCCOCCOCCOCCOOCCC[Si](C)(C)O[Si](C)(C)CCCOCCOCCOCCOCCOCCOCCOCCOCCOC(=O)C[N+]1(C)CC[N+](C)(C)CC1.[Cl-].[Cl-]. The topological polar surface area (TPSA) is 210 Å². The van der Waals surface area contributed by atoms with Crippen LogP contribution in [0.5, 0.6) is 0 Å². The Bertz CT molecular complexity index is 1390. The minimum absolute atomic E-state index is 0. The van der Waals surface area contributed by atoms with Crippen LogP contribution in [0.4, 0.5) is 0 Å². The average molecular weight is 1250 g/mol. The summed E-state index contributed by atoms with van der Waals surface area (Å²) in [7, 11) is 2.94. The highest BCUT2D eigenvalue weighted by molar-refractivity contribution is 6.84. The lowest BCUT2D eigenvalue weighted by atomic mass is 10.2. The fourth-order valence-corrected chi connectivity index (χ4v) is 16.4. The van der Waals surface area contributed by atoms with Gasteiger partial charge in [0.15, 0.2) is 23.2 Å². The van der Waals surface area contributed by atoms with Crippen LogP contribution in [0.15, 0.2) is 0 Å². The van der Waals surface area contributed by atoms with E-state index in [1.807, 2.05) is 0 Å². The van der Waals surface area contributed by atoms with Crippen molar-refractivity contribution in [1.82, 2.24) is 0 Å². The summed E-state index contributed by atoms with van der Waals surface area (Å²) in [4.78, 5) is 34.0.